The molecule has 5 nitrogen and oxygen atoms in total. The number of hydrogen-bond acceptors (Lipinski definition) is 4. The Morgan fingerprint density at radius 1 is 1.37 bits per heavy atom. The average Bonchev–Trinajstić information content (AvgIpc) is 2.82. The maximum Gasteiger partial charge on any atom is 0.231 e. The summed E-state index contributed by atoms with van der Waals surface area (Å²) in [5.41, 5.74) is 6.97. The standard InChI is InChI=1S/C14H17N3O2/c15-13(18)9-17-7-5-10(6-8-17)14-16-11-3-1-2-4-12(11)19-14/h1-4,10H,5-9H2,(H2,15,18). The first-order valence-corrected chi connectivity index (χ1v) is 6.58. The smallest absolute Gasteiger partial charge is 0.231 e. The second kappa shape index (κ2) is 5.01. The zero-order valence-electron chi connectivity index (χ0n) is 10.7. The van der Waals surface area contributed by atoms with E-state index in [2.05, 4.69) is 9.88 Å². The summed E-state index contributed by atoms with van der Waals surface area (Å²) in [5.74, 6) is 0.900. The molecule has 2 aromatic rings. The van der Waals surface area contributed by atoms with Crippen molar-refractivity contribution in [2.24, 2.45) is 5.73 Å². The van der Waals surface area contributed by atoms with Gasteiger partial charge < -0.3 is 10.2 Å². The van der Waals surface area contributed by atoms with Crippen LogP contribution in [0.4, 0.5) is 0 Å². The molecule has 1 fully saturated rings. The van der Waals surface area contributed by atoms with Crippen molar-refractivity contribution >= 4 is 17.0 Å². The number of likely N-dealkylation sites (tertiary alicyclic amines) is 1. The summed E-state index contributed by atoms with van der Waals surface area (Å²) >= 11 is 0. The molecule has 1 aromatic heterocycles. The van der Waals surface area contributed by atoms with Crippen LogP contribution in [0.25, 0.3) is 11.1 Å². The van der Waals surface area contributed by atoms with Gasteiger partial charge in [0, 0.05) is 5.92 Å². The number of oxazole rings is 1. The number of nitrogens with two attached hydrogens (primary N) is 1. The maximum atomic E-state index is 10.9. The average molecular weight is 259 g/mol. The number of carbonyl (C=O) groups is 1. The van der Waals surface area contributed by atoms with Gasteiger partial charge in [-0.05, 0) is 38.1 Å². The van der Waals surface area contributed by atoms with Crippen molar-refractivity contribution in [3.63, 3.8) is 0 Å². The van der Waals surface area contributed by atoms with Crippen LogP contribution in [-0.2, 0) is 4.79 Å². The van der Waals surface area contributed by atoms with E-state index in [4.69, 9.17) is 10.2 Å². The number of primary amides is 1. The summed E-state index contributed by atoms with van der Waals surface area (Å²) in [6.45, 7) is 2.08. The van der Waals surface area contributed by atoms with Crippen LogP contribution in [0.3, 0.4) is 0 Å². The van der Waals surface area contributed by atoms with E-state index < -0.39 is 0 Å². The van der Waals surface area contributed by atoms with E-state index >= 15 is 0 Å². The van der Waals surface area contributed by atoms with Crippen LogP contribution in [0.2, 0.25) is 0 Å². The SMILES string of the molecule is NC(=O)CN1CCC(c2nc3ccccc3o2)CC1. The predicted molar refractivity (Wildman–Crippen MR) is 71.6 cm³/mol. The van der Waals surface area contributed by atoms with Crippen molar-refractivity contribution < 1.29 is 9.21 Å². The maximum absolute atomic E-state index is 10.9. The lowest BCUT2D eigenvalue weighted by Gasteiger charge is -2.29. The van der Waals surface area contributed by atoms with E-state index in [1.54, 1.807) is 0 Å². The van der Waals surface area contributed by atoms with Crippen molar-refractivity contribution in [3.8, 4) is 0 Å². The van der Waals surface area contributed by atoms with Gasteiger partial charge >= 0.3 is 0 Å². The summed E-state index contributed by atoms with van der Waals surface area (Å²) in [7, 11) is 0. The van der Waals surface area contributed by atoms with Gasteiger partial charge in [0.2, 0.25) is 5.91 Å². The number of benzene rings is 1. The number of rotatable bonds is 3. The highest BCUT2D eigenvalue weighted by Crippen LogP contribution is 2.29. The van der Waals surface area contributed by atoms with E-state index in [0.29, 0.717) is 12.5 Å². The molecule has 5 heteroatoms. The lowest BCUT2D eigenvalue weighted by molar-refractivity contribution is -0.119. The Hall–Kier alpha value is -1.88. The molecule has 0 bridgehead atoms. The molecule has 19 heavy (non-hydrogen) atoms. The summed E-state index contributed by atoms with van der Waals surface area (Å²) in [6, 6.07) is 7.81. The number of hydrogen-bond donors (Lipinski definition) is 1. The Kier molecular flexibility index (Phi) is 3.21. The molecule has 1 amide bonds. The van der Waals surface area contributed by atoms with Crippen LogP contribution in [0, 0.1) is 0 Å². The van der Waals surface area contributed by atoms with Crippen LogP contribution >= 0.6 is 0 Å². The van der Waals surface area contributed by atoms with Gasteiger partial charge in [0.15, 0.2) is 11.5 Å². The zero-order valence-corrected chi connectivity index (χ0v) is 10.7. The van der Waals surface area contributed by atoms with E-state index in [1.807, 2.05) is 24.3 Å². The summed E-state index contributed by atoms with van der Waals surface area (Å²) in [5, 5.41) is 0. The van der Waals surface area contributed by atoms with Crippen LogP contribution in [-0.4, -0.2) is 35.4 Å². The highest BCUT2D eigenvalue weighted by molar-refractivity contribution is 5.76. The van der Waals surface area contributed by atoms with Crippen LogP contribution in [0.1, 0.15) is 24.7 Å². The van der Waals surface area contributed by atoms with Crippen LogP contribution < -0.4 is 5.73 Å². The van der Waals surface area contributed by atoms with Crippen molar-refractivity contribution in [3.05, 3.63) is 30.2 Å². The Morgan fingerprint density at radius 2 is 2.11 bits per heavy atom. The van der Waals surface area contributed by atoms with E-state index in [0.717, 1.165) is 42.9 Å². The fourth-order valence-electron chi connectivity index (χ4n) is 2.62. The largest absolute Gasteiger partial charge is 0.440 e. The number of nitrogens with zero attached hydrogens (tertiary/aromatic N) is 2. The molecule has 3 rings (SSSR count). The quantitative estimate of drug-likeness (QED) is 0.906. The normalized spacial score (nSPS) is 17.9. The first-order chi connectivity index (χ1) is 9.22. The van der Waals surface area contributed by atoms with Gasteiger partial charge in [0.1, 0.15) is 5.52 Å². The summed E-state index contributed by atoms with van der Waals surface area (Å²) < 4.78 is 5.80. The molecule has 2 N–H and O–H groups in total. The zero-order chi connectivity index (χ0) is 13.2. The molecule has 0 atom stereocenters. The van der Waals surface area contributed by atoms with Crippen molar-refractivity contribution in [1.29, 1.82) is 0 Å². The summed E-state index contributed by atoms with van der Waals surface area (Å²) in [6.07, 6.45) is 1.92. The topological polar surface area (TPSA) is 72.4 Å². The third-order valence-electron chi connectivity index (χ3n) is 3.63. The third kappa shape index (κ3) is 2.61. The van der Waals surface area contributed by atoms with Crippen LogP contribution in [0.15, 0.2) is 28.7 Å². The molecule has 1 aliphatic rings. The molecule has 1 aromatic carbocycles. The van der Waals surface area contributed by atoms with Crippen molar-refractivity contribution in [2.75, 3.05) is 19.6 Å². The number of amides is 1. The van der Waals surface area contributed by atoms with Gasteiger partial charge in [0.25, 0.3) is 0 Å². The first-order valence-electron chi connectivity index (χ1n) is 6.58. The Morgan fingerprint density at radius 3 is 2.79 bits per heavy atom. The minimum absolute atomic E-state index is 0.264. The second-order valence-electron chi connectivity index (χ2n) is 5.04. The minimum atomic E-state index is -0.264. The molecule has 100 valence electrons. The third-order valence-corrected chi connectivity index (χ3v) is 3.63. The number of para-hydroxylation sites is 2. The fraction of sp³-hybridized carbons (Fsp3) is 0.429. The minimum Gasteiger partial charge on any atom is -0.440 e. The molecule has 0 unspecified atom stereocenters. The molecule has 1 saturated heterocycles. The van der Waals surface area contributed by atoms with Gasteiger partial charge in [-0.15, -0.1) is 0 Å². The highest BCUT2D eigenvalue weighted by atomic mass is 16.3. The molecular weight excluding hydrogens is 242 g/mol. The first kappa shape index (κ1) is 12.2. The van der Waals surface area contributed by atoms with E-state index in [1.165, 1.54) is 0 Å². The Bertz CT molecular complexity index is 552. The van der Waals surface area contributed by atoms with E-state index in [9.17, 15) is 4.79 Å². The second-order valence-corrected chi connectivity index (χ2v) is 5.04. The van der Waals surface area contributed by atoms with Gasteiger partial charge in [-0.25, -0.2) is 4.98 Å². The van der Waals surface area contributed by atoms with E-state index in [-0.39, 0.29) is 5.91 Å². The van der Waals surface area contributed by atoms with Gasteiger partial charge in [0.05, 0.1) is 6.54 Å². The molecular formula is C14H17N3O2. The number of carbonyl (C=O) groups excluding carboxylic acids is 1. The highest BCUT2D eigenvalue weighted by Gasteiger charge is 2.25. The Balaban J connectivity index is 1.69. The van der Waals surface area contributed by atoms with Gasteiger partial charge in [-0.1, -0.05) is 12.1 Å². The molecule has 0 spiro atoms. The number of piperidine rings is 1. The van der Waals surface area contributed by atoms with Crippen molar-refractivity contribution in [1.82, 2.24) is 9.88 Å². The molecule has 0 aliphatic carbocycles. The molecule has 2 heterocycles. The predicted octanol–water partition coefficient (Wildman–Crippen LogP) is 1.49. The number of fused-ring (bicyclic) bond motifs is 1. The number of aromatic nitrogens is 1. The van der Waals surface area contributed by atoms with Crippen molar-refractivity contribution in [2.45, 2.75) is 18.8 Å². The monoisotopic (exact) mass is 259 g/mol. The Labute approximate surface area is 111 Å². The van der Waals surface area contributed by atoms with Gasteiger partial charge in [-0.3, -0.25) is 9.69 Å². The fourth-order valence-corrected chi connectivity index (χ4v) is 2.62. The van der Waals surface area contributed by atoms with Crippen LogP contribution in [0.5, 0.6) is 0 Å². The molecule has 1 aliphatic heterocycles. The lowest BCUT2D eigenvalue weighted by Crippen LogP contribution is -2.39. The summed E-state index contributed by atoms with van der Waals surface area (Å²) in [4.78, 5) is 17.5. The molecule has 0 radical (unpaired) electrons. The molecule has 0 saturated carbocycles. The lowest BCUT2D eigenvalue weighted by atomic mass is 9.97. The van der Waals surface area contributed by atoms with Gasteiger partial charge in [-0.2, -0.15) is 0 Å².